The molecular weight excluding hydrogens is 461 g/mol. The van der Waals surface area contributed by atoms with Crippen molar-refractivity contribution < 1.29 is 13.9 Å². The molecule has 0 atom stereocenters. The molecule has 0 saturated heterocycles. The second-order valence-corrected chi connectivity index (χ2v) is 9.43. The number of aromatic nitrogens is 5. The van der Waals surface area contributed by atoms with Crippen LogP contribution in [0.3, 0.4) is 0 Å². The van der Waals surface area contributed by atoms with Gasteiger partial charge in [-0.3, -0.25) is 14.2 Å². The fraction of sp³-hybridized carbons (Fsp3) is 0.385. The van der Waals surface area contributed by atoms with Crippen LogP contribution in [0, 0.1) is 5.82 Å². The number of ether oxygens (including phenoxy) is 1. The molecule has 4 aromatic rings. The Morgan fingerprint density at radius 2 is 1.94 bits per heavy atom. The monoisotopic (exact) mass is 491 g/mol. The van der Waals surface area contributed by atoms with Crippen molar-refractivity contribution in [2.24, 2.45) is 7.05 Å². The second kappa shape index (κ2) is 9.60. The summed E-state index contributed by atoms with van der Waals surface area (Å²) in [6.07, 6.45) is 8.78. The lowest BCUT2D eigenvalue weighted by atomic mass is 9.93. The van der Waals surface area contributed by atoms with Crippen LogP contribution in [0.5, 0.6) is 5.75 Å². The summed E-state index contributed by atoms with van der Waals surface area (Å²) in [6, 6.07) is 6.61. The van der Waals surface area contributed by atoms with Crippen molar-refractivity contribution in [1.29, 1.82) is 0 Å². The number of benzene rings is 1. The summed E-state index contributed by atoms with van der Waals surface area (Å²) in [6.45, 7) is 0. The highest BCUT2D eigenvalue weighted by Gasteiger charge is 2.27. The molecular formula is C26H30FN7O2. The number of carbonyl (C=O) groups excluding carboxylic acids is 1. The maximum Gasteiger partial charge on any atom is 0.253 e. The van der Waals surface area contributed by atoms with Gasteiger partial charge in [0.2, 0.25) is 0 Å². The molecule has 0 spiro atoms. The summed E-state index contributed by atoms with van der Waals surface area (Å²) in [5.41, 5.74) is 3.13. The van der Waals surface area contributed by atoms with Crippen LogP contribution in [-0.4, -0.2) is 62.6 Å². The van der Waals surface area contributed by atoms with Gasteiger partial charge < -0.3 is 15.0 Å². The van der Waals surface area contributed by atoms with Gasteiger partial charge in [-0.05, 0) is 43.9 Å². The summed E-state index contributed by atoms with van der Waals surface area (Å²) in [5, 5.41) is 13.4. The minimum Gasteiger partial charge on any atom is -0.487 e. The van der Waals surface area contributed by atoms with Crippen LogP contribution in [-0.2, 0) is 7.05 Å². The first-order chi connectivity index (χ1) is 17.3. The zero-order valence-electron chi connectivity index (χ0n) is 20.9. The maximum absolute atomic E-state index is 14.7. The standard InChI is InChI=1S/C26H30FN7O2/c1-28-24-12-22-20(14-29-24)25(17-13-30-33(4)15-17)31-34(22)18-6-8-19(9-7-18)36-23-10-5-16(11-21(23)27)26(35)32(2)3/h5,10-15,18-19H,6-9H2,1-4H3,(H,28,29)/t18-,19+. The van der Waals surface area contributed by atoms with Crippen LogP contribution in [0.25, 0.3) is 22.2 Å². The van der Waals surface area contributed by atoms with Gasteiger partial charge in [0.05, 0.1) is 23.9 Å². The third-order valence-electron chi connectivity index (χ3n) is 6.69. The van der Waals surface area contributed by atoms with E-state index in [1.54, 1.807) is 30.9 Å². The lowest BCUT2D eigenvalue weighted by molar-refractivity contribution is 0.0826. The molecule has 1 aromatic carbocycles. The average molecular weight is 492 g/mol. The van der Waals surface area contributed by atoms with Gasteiger partial charge in [0.25, 0.3) is 5.91 Å². The van der Waals surface area contributed by atoms with E-state index in [0.717, 1.165) is 53.7 Å². The summed E-state index contributed by atoms with van der Waals surface area (Å²) >= 11 is 0. The van der Waals surface area contributed by atoms with E-state index in [-0.39, 0.29) is 23.8 Å². The first-order valence-corrected chi connectivity index (χ1v) is 12.1. The number of halogens is 1. The number of fused-ring (bicyclic) bond motifs is 1. The highest BCUT2D eigenvalue weighted by atomic mass is 19.1. The number of hydrogen-bond donors (Lipinski definition) is 1. The lowest BCUT2D eigenvalue weighted by Gasteiger charge is -2.29. The van der Waals surface area contributed by atoms with Crippen molar-refractivity contribution in [3.05, 3.63) is 54.2 Å². The molecule has 36 heavy (non-hydrogen) atoms. The molecule has 3 aromatic heterocycles. The number of pyridine rings is 1. The van der Waals surface area contributed by atoms with Gasteiger partial charge in [0.15, 0.2) is 11.6 Å². The summed E-state index contributed by atoms with van der Waals surface area (Å²) < 4.78 is 24.5. The number of rotatable bonds is 6. The van der Waals surface area contributed by atoms with Gasteiger partial charge in [-0.2, -0.15) is 10.2 Å². The molecule has 188 valence electrons. The Bertz CT molecular complexity index is 1400. The Kier molecular flexibility index (Phi) is 6.34. The van der Waals surface area contributed by atoms with Crippen molar-refractivity contribution in [2.45, 2.75) is 37.8 Å². The summed E-state index contributed by atoms with van der Waals surface area (Å²) in [4.78, 5) is 18.0. The van der Waals surface area contributed by atoms with E-state index in [1.807, 2.05) is 38.8 Å². The Morgan fingerprint density at radius 3 is 2.58 bits per heavy atom. The number of anilines is 1. The molecule has 10 heteroatoms. The molecule has 1 aliphatic rings. The Morgan fingerprint density at radius 1 is 1.17 bits per heavy atom. The van der Waals surface area contributed by atoms with E-state index >= 15 is 0 Å². The van der Waals surface area contributed by atoms with Crippen LogP contribution in [0.1, 0.15) is 42.1 Å². The minimum absolute atomic E-state index is 0.0969. The van der Waals surface area contributed by atoms with Crippen LogP contribution in [0.2, 0.25) is 0 Å². The second-order valence-electron chi connectivity index (χ2n) is 9.43. The van der Waals surface area contributed by atoms with Gasteiger partial charge >= 0.3 is 0 Å². The largest absolute Gasteiger partial charge is 0.487 e. The number of aryl methyl sites for hydroxylation is 1. The number of hydrogen-bond acceptors (Lipinski definition) is 6. The van der Waals surface area contributed by atoms with E-state index in [1.165, 1.54) is 11.0 Å². The molecule has 1 fully saturated rings. The van der Waals surface area contributed by atoms with Crippen LogP contribution in [0.15, 0.2) is 42.9 Å². The molecule has 1 aliphatic carbocycles. The highest BCUT2D eigenvalue weighted by molar-refractivity contribution is 5.94. The molecule has 5 rings (SSSR count). The fourth-order valence-corrected chi connectivity index (χ4v) is 4.78. The molecule has 1 N–H and O–H groups in total. The van der Waals surface area contributed by atoms with E-state index in [9.17, 15) is 9.18 Å². The van der Waals surface area contributed by atoms with Gasteiger partial charge in [0.1, 0.15) is 11.5 Å². The summed E-state index contributed by atoms with van der Waals surface area (Å²) in [5.74, 6) is 0.206. The lowest BCUT2D eigenvalue weighted by Crippen LogP contribution is -2.26. The smallest absolute Gasteiger partial charge is 0.253 e. The maximum atomic E-state index is 14.7. The van der Waals surface area contributed by atoms with Gasteiger partial charge in [-0.15, -0.1) is 0 Å². The molecule has 3 heterocycles. The highest BCUT2D eigenvalue weighted by Crippen LogP contribution is 2.36. The van der Waals surface area contributed by atoms with Crippen molar-refractivity contribution in [3.63, 3.8) is 0 Å². The molecule has 1 saturated carbocycles. The first kappa shape index (κ1) is 23.8. The first-order valence-electron chi connectivity index (χ1n) is 12.1. The molecule has 0 radical (unpaired) electrons. The van der Waals surface area contributed by atoms with E-state index in [0.29, 0.717) is 5.56 Å². The van der Waals surface area contributed by atoms with Gasteiger partial charge in [-0.1, -0.05) is 0 Å². The Labute approximate surface area is 208 Å². The number of amides is 1. The average Bonchev–Trinajstić information content (AvgIpc) is 3.48. The number of nitrogens with one attached hydrogen (secondary N) is 1. The van der Waals surface area contributed by atoms with Crippen molar-refractivity contribution in [1.82, 2.24) is 29.4 Å². The zero-order chi connectivity index (χ0) is 25.4. The van der Waals surface area contributed by atoms with Crippen LogP contribution >= 0.6 is 0 Å². The molecule has 9 nitrogen and oxygen atoms in total. The fourth-order valence-electron chi connectivity index (χ4n) is 4.78. The van der Waals surface area contributed by atoms with Crippen LogP contribution < -0.4 is 10.1 Å². The molecule has 1 amide bonds. The normalized spacial score (nSPS) is 17.8. The molecule has 0 unspecified atom stereocenters. The number of nitrogens with zero attached hydrogens (tertiary/aromatic N) is 6. The van der Waals surface area contributed by atoms with Crippen LogP contribution in [0.4, 0.5) is 10.2 Å². The number of carbonyl (C=O) groups is 1. The third-order valence-corrected chi connectivity index (χ3v) is 6.69. The Balaban J connectivity index is 1.34. The third kappa shape index (κ3) is 4.50. The molecule has 0 aliphatic heterocycles. The van der Waals surface area contributed by atoms with Crippen molar-refractivity contribution >= 4 is 22.6 Å². The Hall–Kier alpha value is -3.95. The zero-order valence-corrected chi connectivity index (χ0v) is 20.9. The topological polar surface area (TPSA) is 90.1 Å². The van der Waals surface area contributed by atoms with E-state index in [4.69, 9.17) is 9.84 Å². The minimum atomic E-state index is -0.517. The van der Waals surface area contributed by atoms with Crippen molar-refractivity contribution in [2.75, 3.05) is 26.5 Å². The molecule has 0 bridgehead atoms. The SMILES string of the molecule is CNc1cc2c(cn1)c(-c1cnn(C)c1)nn2[C@H]1CC[C@@H](Oc2ccc(C(=O)N(C)C)cc2F)CC1. The van der Waals surface area contributed by atoms with Crippen molar-refractivity contribution in [3.8, 4) is 17.0 Å². The van der Waals surface area contributed by atoms with Gasteiger partial charge in [-0.25, -0.2) is 9.37 Å². The summed E-state index contributed by atoms with van der Waals surface area (Å²) in [7, 11) is 7.02. The van der Waals surface area contributed by atoms with E-state index < -0.39 is 5.82 Å². The quantitative estimate of drug-likeness (QED) is 0.433. The van der Waals surface area contributed by atoms with E-state index in [2.05, 4.69) is 20.1 Å². The predicted octanol–water partition coefficient (Wildman–Crippen LogP) is 4.28. The van der Waals surface area contributed by atoms with Gasteiger partial charge in [0, 0.05) is 63.2 Å². The predicted molar refractivity (Wildman–Crippen MR) is 136 cm³/mol.